The van der Waals surface area contributed by atoms with Crippen LogP contribution in [-0.2, 0) is 14.3 Å². The largest absolute Gasteiger partial charge is 0.465 e. The summed E-state index contributed by atoms with van der Waals surface area (Å²) in [4.78, 5) is 11.6. The number of hydrogen-bond acceptors (Lipinski definition) is 6. The summed E-state index contributed by atoms with van der Waals surface area (Å²) in [5, 5.41) is 34.4. The van der Waals surface area contributed by atoms with E-state index in [0.717, 1.165) is 12.8 Å². The second-order valence-electron chi connectivity index (χ2n) is 10.0. The molecule has 0 aromatic heterocycles. The number of hydrogen-bond donors (Lipinski definition) is 3. The highest BCUT2D eigenvalue weighted by Crippen LogP contribution is 2.75. The maximum absolute atomic E-state index is 12.1. The Morgan fingerprint density at radius 2 is 1.93 bits per heavy atom. The summed E-state index contributed by atoms with van der Waals surface area (Å²) in [6, 6.07) is 0. The minimum absolute atomic E-state index is 0.0521. The Balaban J connectivity index is 1.59. The molecule has 10 atom stereocenters. The molecule has 2 heterocycles. The number of carbonyl (C=O) groups is 1. The van der Waals surface area contributed by atoms with Gasteiger partial charge in [0, 0.05) is 11.3 Å². The number of alkyl halides is 1. The van der Waals surface area contributed by atoms with Gasteiger partial charge in [-0.05, 0) is 37.5 Å². The van der Waals surface area contributed by atoms with Gasteiger partial charge in [0.15, 0.2) is 0 Å². The van der Waals surface area contributed by atoms with Crippen LogP contribution in [0.25, 0.3) is 0 Å². The third-order valence-electron chi connectivity index (χ3n) is 9.05. The third-order valence-corrected chi connectivity index (χ3v) is 10.3. The maximum Gasteiger partial charge on any atom is 0.309 e. The first-order valence-corrected chi connectivity index (χ1v) is 11.1. The molecule has 0 bridgehead atoms. The molecule has 2 unspecified atom stereocenters. The van der Waals surface area contributed by atoms with Crippen molar-refractivity contribution in [1.29, 1.82) is 0 Å². The van der Waals surface area contributed by atoms with Crippen LogP contribution >= 0.6 is 15.9 Å². The van der Waals surface area contributed by atoms with E-state index in [-0.39, 0.29) is 41.2 Å². The summed E-state index contributed by atoms with van der Waals surface area (Å²) in [7, 11) is 0. The van der Waals surface area contributed by atoms with Crippen LogP contribution in [0.15, 0.2) is 0 Å². The van der Waals surface area contributed by atoms with Crippen molar-refractivity contribution in [2.75, 3.05) is 6.61 Å². The molecule has 152 valence electrons. The molecule has 6 nitrogen and oxygen atoms in total. The highest BCUT2D eigenvalue weighted by Gasteiger charge is 2.88. The summed E-state index contributed by atoms with van der Waals surface area (Å²) < 4.78 is 11.7. The van der Waals surface area contributed by atoms with Crippen LogP contribution in [0.3, 0.4) is 0 Å². The molecule has 3 aliphatic carbocycles. The van der Waals surface area contributed by atoms with Crippen LogP contribution in [0.1, 0.15) is 46.5 Å². The van der Waals surface area contributed by atoms with Crippen LogP contribution in [0.2, 0.25) is 0 Å². The van der Waals surface area contributed by atoms with Gasteiger partial charge in [0.05, 0.1) is 17.4 Å². The second-order valence-corrected chi connectivity index (χ2v) is 11.0. The number of epoxide rings is 1. The van der Waals surface area contributed by atoms with E-state index >= 15 is 0 Å². The molecule has 1 spiro atoms. The lowest BCUT2D eigenvalue weighted by Crippen LogP contribution is -2.79. The van der Waals surface area contributed by atoms with E-state index < -0.39 is 27.7 Å². The van der Waals surface area contributed by atoms with Crippen molar-refractivity contribution < 1.29 is 29.6 Å². The number of aliphatic hydroxyl groups is 3. The Morgan fingerprint density at radius 1 is 1.22 bits per heavy atom. The smallest absolute Gasteiger partial charge is 0.309 e. The van der Waals surface area contributed by atoms with Crippen LogP contribution in [-0.4, -0.2) is 61.7 Å². The lowest BCUT2D eigenvalue weighted by Gasteiger charge is -2.63. The lowest BCUT2D eigenvalue weighted by atomic mass is 9.43. The van der Waals surface area contributed by atoms with E-state index in [1.165, 1.54) is 0 Å². The Hall–Kier alpha value is -0.210. The summed E-state index contributed by atoms with van der Waals surface area (Å²) in [6.07, 6.45) is 0.866. The quantitative estimate of drug-likeness (QED) is 0.321. The summed E-state index contributed by atoms with van der Waals surface area (Å²) in [5.74, 6) is -0.0409. The lowest BCUT2D eigenvalue weighted by molar-refractivity contribution is -0.267. The fourth-order valence-corrected chi connectivity index (χ4v) is 8.72. The van der Waals surface area contributed by atoms with Crippen molar-refractivity contribution in [2.24, 2.45) is 29.1 Å². The van der Waals surface area contributed by atoms with Gasteiger partial charge in [0.1, 0.15) is 29.0 Å². The van der Waals surface area contributed by atoms with Crippen molar-refractivity contribution >= 4 is 21.9 Å². The van der Waals surface area contributed by atoms with Crippen LogP contribution in [0, 0.1) is 29.1 Å². The van der Waals surface area contributed by atoms with Gasteiger partial charge in [-0.2, -0.15) is 0 Å². The molecule has 0 aromatic carbocycles. The van der Waals surface area contributed by atoms with Crippen molar-refractivity contribution in [1.82, 2.24) is 0 Å². The molecule has 0 radical (unpaired) electrons. The zero-order valence-corrected chi connectivity index (χ0v) is 17.6. The molecule has 7 heteroatoms. The number of halogens is 1. The van der Waals surface area contributed by atoms with Crippen molar-refractivity contribution in [3.8, 4) is 0 Å². The molecular formula is C20H29BrO6. The van der Waals surface area contributed by atoms with E-state index in [4.69, 9.17) is 9.47 Å². The predicted molar refractivity (Wildman–Crippen MR) is 99.1 cm³/mol. The molecule has 5 fully saturated rings. The van der Waals surface area contributed by atoms with E-state index in [1.807, 2.05) is 13.8 Å². The minimum Gasteiger partial charge on any atom is -0.465 e. The van der Waals surface area contributed by atoms with Gasteiger partial charge in [-0.25, -0.2) is 0 Å². The average molecular weight is 445 g/mol. The van der Waals surface area contributed by atoms with Crippen LogP contribution in [0.5, 0.6) is 0 Å². The van der Waals surface area contributed by atoms with E-state index in [2.05, 4.69) is 22.9 Å². The minimum atomic E-state index is -1.50. The number of aliphatic hydroxyl groups excluding tert-OH is 1. The van der Waals surface area contributed by atoms with Crippen LogP contribution < -0.4 is 0 Å². The normalized spacial score (nSPS) is 61.6. The maximum atomic E-state index is 12.1. The van der Waals surface area contributed by atoms with Gasteiger partial charge in [-0.3, -0.25) is 4.79 Å². The third kappa shape index (κ3) is 1.81. The van der Waals surface area contributed by atoms with Crippen molar-refractivity contribution in [3.05, 3.63) is 0 Å². The first-order chi connectivity index (χ1) is 12.6. The first kappa shape index (κ1) is 18.8. The fourth-order valence-electron chi connectivity index (χ4n) is 7.46. The first-order valence-electron chi connectivity index (χ1n) is 10.2. The summed E-state index contributed by atoms with van der Waals surface area (Å²) >= 11 is 3.62. The molecule has 5 rings (SSSR count). The summed E-state index contributed by atoms with van der Waals surface area (Å²) in [5.41, 5.74) is -4.23. The summed E-state index contributed by atoms with van der Waals surface area (Å²) in [6.45, 7) is 6.30. The van der Waals surface area contributed by atoms with Crippen molar-refractivity contribution in [3.63, 3.8) is 0 Å². The molecule has 5 aliphatic rings. The van der Waals surface area contributed by atoms with Gasteiger partial charge in [-0.15, -0.1) is 0 Å². The molecule has 0 amide bonds. The predicted octanol–water partition coefficient (Wildman–Crippen LogP) is 1.38. The topological polar surface area (TPSA) is 99.5 Å². The number of rotatable bonds is 1. The highest BCUT2D eigenvalue weighted by molar-refractivity contribution is 9.09. The van der Waals surface area contributed by atoms with E-state index in [9.17, 15) is 20.1 Å². The zero-order valence-electron chi connectivity index (χ0n) is 16.0. The van der Waals surface area contributed by atoms with Gasteiger partial charge in [0.2, 0.25) is 0 Å². The number of fused-ring (bicyclic) bond motifs is 3. The standard InChI is InChI=1S/C20H29BrO6/c1-9(2)19(25)13(21)14-20(27-14)17(3)6-4-10-11(8-26-15(10)22)12(17)5-7-18(20,24)16(19)23/h9-14,16,23-25H,4-8H2,1-3H3/t10?,11?,12-,13+,14-,16-,17-,18+,19-,20+/m0/s1. The monoisotopic (exact) mass is 444 g/mol. The Kier molecular flexibility index (Phi) is 3.68. The molecule has 3 saturated carbocycles. The van der Waals surface area contributed by atoms with Gasteiger partial charge < -0.3 is 24.8 Å². The SMILES string of the molecule is CC(C)[C@]1(O)[C@H](Br)[C@@H]2O[C@@]23[C@@]2(C)CCC4C(=O)OCC4[C@@H]2CC[C@@]3(O)[C@@H]1O. The molecule has 2 saturated heterocycles. The molecule has 3 N–H and O–H groups in total. The Labute approximate surface area is 167 Å². The Morgan fingerprint density at radius 3 is 2.59 bits per heavy atom. The number of carbonyl (C=O) groups excluding carboxylic acids is 1. The Bertz CT molecular complexity index is 700. The average Bonchev–Trinajstić information content (AvgIpc) is 3.29. The number of cyclic esters (lactones) is 1. The molecular weight excluding hydrogens is 416 g/mol. The van der Waals surface area contributed by atoms with Gasteiger partial charge in [-0.1, -0.05) is 36.7 Å². The fraction of sp³-hybridized carbons (Fsp3) is 0.950. The van der Waals surface area contributed by atoms with Gasteiger partial charge in [0.25, 0.3) is 0 Å². The van der Waals surface area contributed by atoms with Gasteiger partial charge >= 0.3 is 5.97 Å². The molecule has 0 aromatic rings. The molecule has 27 heavy (non-hydrogen) atoms. The second kappa shape index (κ2) is 5.28. The van der Waals surface area contributed by atoms with Crippen LogP contribution in [0.4, 0.5) is 0 Å². The molecule has 2 aliphatic heterocycles. The van der Waals surface area contributed by atoms with E-state index in [1.54, 1.807) is 0 Å². The highest BCUT2D eigenvalue weighted by atomic mass is 79.9. The number of esters is 1. The van der Waals surface area contributed by atoms with E-state index in [0.29, 0.717) is 19.4 Å². The zero-order chi connectivity index (χ0) is 19.6. The van der Waals surface area contributed by atoms with Crippen molar-refractivity contribution in [2.45, 2.75) is 80.3 Å². The number of ether oxygens (including phenoxy) is 2.